The van der Waals surface area contributed by atoms with Gasteiger partial charge in [0, 0.05) is 45.3 Å². The highest BCUT2D eigenvalue weighted by molar-refractivity contribution is 14.0. The molecular formula is C19H36IN5O3S. The minimum Gasteiger partial charge on any atom is -0.364 e. The van der Waals surface area contributed by atoms with Gasteiger partial charge in [0.15, 0.2) is 5.96 Å². The number of nitrogens with zero attached hydrogens (tertiary/aromatic N) is 4. The van der Waals surface area contributed by atoms with E-state index in [1.807, 2.05) is 0 Å². The van der Waals surface area contributed by atoms with E-state index in [0.29, 0.717) is 37.8 Å². The van der Waals surface area contributed by atoms with Gasteiger partial charge in [-0.15, -0.1) is 24.0 Å². The summed E-state index contributed by atoms with van der Waals surface area (Å²) in [6.45, 7) is 10.3. The predicted octanol–water partition coefficient (Wildman–Crippen LogP) is 2.92. The van der Waals surface area contributed by atoms with Crippen molar-refractivity contribution in [2.75, 3.05) is 39.3 Å². The van der Waals surface area contributed by atoms with Crippen LogP contribution in [0.3, 0.4) is 0 Å². The number of sulfonamides is 1. The van der Waals surface area contributed by atoms with Crippen molar-refractivity contribution in [2.45, 2.75) is 52.2 Å². The Labute approximate surface area is 192 Å². The third-order valence-corrected chi connectivity index (χ3v) is 6.94. The number of nitrogens with one attached hydrogen (secondary N) is 1. The number of aromatic nitrogens is 1. The van der Waals surface area contributed by atoms with Crippen LogP contribution in [0.1, 0.15) is 52.1 Å². The zero-order valence-electron chi connectivity index (χ0n) is 17.8. The molecule has 0 amide bonds. The molecule has 2 rings (SSSR count). The Balaban J connectivity index is 0.00000420. The second kappa shape index (κ2) is 13.4. The first kappa shape index (κ1) is 26.2. The summed E-state index contributed by atoms with van der Waals surface area (Å²) in [4.78, 5) is 7.02. The monoisotopic (exact) mass is 541 g/mol. The van der Waals surface area contributed by atoms with Gasteiger partial charge in [-0.05, 0) is 19.3 Å². The Morgan fingerprint density at radius 1 is 1.28 bits per heavy atom. The van der Waals surface area contributed by atoms with Crippen LogP contribution in [0.5, 0.6) is 0 Å². The molecular weight excluding hydrogens is 505 g/mol. The molecule has 1 aliphatic heterocycles. The molecule has 0 bridgehead atoms. The number of piperazine rings is 1. The Morgan fingerprint density at radius 2 is 2.00 bits per heavy atom. The molecule has 0 spiro atoms. The van der Waals surface area contributed by atoms with Crippen molar-refractivity contribution < 1.29 is 12.9 Å². The van der Waals surface area contributed by atoms with Crippen LogP contribution in [-0.2, 0) is 15.8 Å². The summed E-state index contributed by atoms with van der Waals surface area (Å²) in [6, 6.07) is 1.59. The zero-order chi connectivity index (χ0) is 20.4. The standard InChI is InChI=1S/C19H35N5O3S.HI/c1-4-7-8-17(5-2)15-21-19(20-6-3)23-10-12-24(13-11-23)28(25,26)16-18-9-14-27-22-18;/h9,14,17H,4-8,10-13,15-16H2,1-3H3,(H,20,21);1H. The van der Waals surface area contributed by atoms with E-state index in [2.05, 4.69) is 36.1 Å². The van der Waals surface area contributed by atoms with E-state index in [4.69, 9.17) is 9.52 Å². The molecule has 1 aliphatic rings. The lowest BCUT2D eigenvalue weighted by Gasteiger charge is -2.36. The van der Waals surface area contributed by atoms with Crippen molar-refractivity contribution in [3.8, 4) is 0 Å². The summed E-state index contributed by atoms with van der Waals surface area (Å²) in [7, 11) is -3.38. The molecule has 0 aromatic carbocycles. The lowest BCUT2D eigenvalue weighted by atomic mass is 10.00. The Kier molecular flexibility index (Phi) is 12.1. The van der Waals surface area contributed by atoms with Crippen LogP contribution in [0.25, 0.3) is 0 Å². The topological polar surface area (TPSA) is 91.0 Å². The first-order valence-electron chi connectivity index (χ1n) is 10.4. The van der Waals surface area contributed by atoms with Crippen molar-refractivity contribution in [1.82, 2.24) is 19.7 Å². The van der Waals surface area contributed by atoms with E-state index in [1.165, 1.54) is 29.8 Å². The summed E-state index contributed by atoms with van der Waals surface area (Å²) in [6.07, 6.45) is 6.20. The minimum absolute atomic E-state index is 0. The lowest BCUT2D eigenvalue weighted by Crippen LogP contribution is -2.54. The number of aliphatic imine (C=N–C) groups is 1. The highest BCUT2D eigenvalue weighted by Crippen LogP contribution is 2.15. The third kappa shape index (κ3) is 8.41. The van der Waals surface area contributed by atoms with Gasteiger partial charge in [-0.25, -0.2) is 8.42 Å². The lowest BCUT2D eigenvalue weighted by molar-refractivity contribution is 0.259. The van der Waals surface area contributed by atoms with Crippen LogP contribution < -0.4 is 5.32 Å². The number of guanidine groups is 1. The normalized spacial score (nSPS) is 17.1. The maximum absolute atomic E-state index is 12.6. The van der Waals surface area contributed by atoms with Crippen LogP contribution in [0, 0.1) is 5.92 Å². The smallest absolute Gasteiger partial charge is 0.220 e. The fraction of sp³-hybridized carbons (Fsp3) is 0.789. The van der Waals surface area contributed by atoms with Gasteiger partial charge in [-0.3, -0.25) is 4.99 Å². The van der Waals surface area contributed by atoms with Gasteiger partial charge < -0.3 is 14.7 Å². The average molecular weight is 542 g/mol. The maximum atomic E-state index is 12.6. The summed E-state index contributed by atoms with van der Waals surface area (Å²) in [5, 5.41) is 7.08. The van der Waals surface area contributed by atoms with Gasteiger partial charge in [0.05, 0.1) is 5.69 Å². The number of halogens is 1. The van der Waals surface area contributed by atoms with Crippen LogP contribution in [0.4, 0.5) is 0 Å². The zero-order valence-corrected chi connectivity index (χ0v) is 21.0. The highest BCUT2D eigenvalue weighted by atomic mass is 127. The molecule has 8 nitrogen and oxygen atoms in total. The van der Waals surface area contributed by atoms with Crippen LogP contribution >= 0.6 is 24.0 Å². The van der Waals surface area contributed by atoms with Gasteiger partial charge in [-0.2, -0.15) is 4.31 Å². The molecule has 1 atom stereocenters. The Bertz CT molecular complexity index is 689. The van der Waals surface area contributed by atoms with Gasteiger partial charge in [0.25, 0.3) is 0 Å². The quantitative estimate of drug-likeness (QED) is 0.278. The molecule has 1 aromatic heterocycles. The van der Waals surface area contributed by atoms with Crippen molar-refractivity contribution in [3.63, 3.8) is 0 Å². The van der Waals surface area contributed by atoms with Crippen molar-refractivity contribution in [2.24, 2.45) is 10.9 Å². The molecule has 1 aromatic rings. The second-order valence-electron chi connectivity index (χ2n) is 7.24. The second-order valence-corrected chi connectivity index (χ2v) is 9.21. The number of hydrogen-bond acceptors (Lipinski definition) is 5. The molecule has 0 saturated carbocycles. The van der Waals surface area contributed by atoms with E-state index in [0.717, 1.165) is 25.5 Å². The summed E-state index contributed by atoms with van der Waals surface area (Å²) < 4.78 is 31.5. The van der Waals surface area contributed by atoms with Crippen LogP contribution in [0.2, 0.25) is 0 Å². The fourth-order valence-electron chi connectivity index (χ4n) is 3.33. The first-order chi connectivity index (χ1) is 13.5. The number of rotatable bonds is 10. The molecule has 1 saturated heterocycles. The van der Waals surface area contributed by atoms with E-state index in [-0.39, 0.29) is 29.7 Å². The Morgan fingerprint density at radius 3 is 2.55 bits per heavy atom. The summed E-state index contributed by atoms with van der Waals surface area (Å²) in [5.74, 6) is 1.39. The first-order valence-corrected chi connectivity index (χ1v) is 12.0. The van der Waals surface area contributed by atoms with E-state index < -0.39 is 10.0 Å². The van der Waals surface area contributed by atoms with Crippen LogP contribution in [0.15, 0.2) is 21.8 Å². The molecule has 0 radical (unpaired) electrons. The summed E-state index contributed by atoms with van der Waals surface area (Å²) >= 11 is 0. The number of unbranched alkanes of at least 4 members (excludes halogenated alkanes) is 1. The van der Waals surface area contributed by atoms with Crippen LogP contribution in [-0.4, -0.2) is 68.0 Å². The van der Waals surface area contributed by atoms with Gasteiger partial charge in [0.2, 0.25) is 10.0 Å². The highest BCUT2D eigenvalue weighted by Gasteiger charge is 2.29. The molecule has 1 unspecified atom stereocenters. The molecule has 1 N–H and O–H groups in total. The molecule has 168 valence electrons. The summed E-state index contributed by atoms with van der Waals surface area (Å²) in [5.41, 5.74) is 0.440. The Hall–Kier alpha value is -0.880. The average Bonchev–Trinajstić information content (AvgIpc) is 3.19. The van der Waals surface area contributed by atoms with Crippen molar-refractivity contribution in [1.29, 1.82) is 0 Å². The largest absolute Gasteiger partial charge is 0.364 e. The molecule has 2 heterocycles. The third-order valence-electron chi connectivity index (χ3n) is 5.13. The fourth-order valence-corrected chi connectivity index (χ4v) is 4.75. The van der Waals surface area contributed by atoms with E-state index >= 15 is 0 Å². The predicted molar refractivity (Wildman–Crippen MR) is 127 cm³/mol. The van der Waals surface area contributed by atoms with Crippen molar-refractivity contribution >= 4 is 40.0 Å². The van der Waals surface area contributed by atoms with E-state index in [9.17, 15) is 8.42 Å². The molecule has 29 heavy (non-hydrogen) atoms. The van der Waals surface area contributed by atoms with E-state index in [1.54, 1.807) is 6.07 Å². The molecule has 10 heteroatoms. The van der Waals surface area contributed by atoms with Gasteiger partial charge in [-0.1, -0.05) is 38.3 Å². The van der Waals surface area contributed by atoms with Crippen molar-refractivity contribution in [3.05, 3.63) is 18.0 Å². The molecule has 1 fully saturated rings. The van der Waals surface area contributed by atoms with Gasteiger partial charge in [0.1, 0.15) is 12.0 Å². The minimum atomic E-state index is -3.38. The SMILES string of the molecule is CCCCC(CC)CN=C(NCC)N1CCN(S(=O)(=O)Cc2ccon2)CC1.I. The molecule has 0 aliphatic carbocycles. The number of hydrogen-bond donors (Lipinski definition) is 1. The van der Waals surface area contributed by atoms with Gasteiger partial charge >= 0.3 is 0 Å². The maximum Gasteiger partial charge on any atom is 0.220 e.